The molecule has 0 amide bonds. The van der Waals surface area contributed by atoms with Crippen molar-refractivity contribution in [3.63, 3.8) is 0 Å². The van der Waals surface area contributed by atoms with Crippen LogP contribution in [0.4, 0.5) is 5.82 Å². The molecule has 0 aliphatic carbocycles. The largest absolute Gasteiger partial charge is 0.395 e. The zero-order valence-electron chi connectivity index (χ0n) is 9.00. The first-order chi connectivity index (χ1) is 8.04. The maximum atomic E-state index is 11.6. The fourth-order valence-electron chi connectivity index (χ4n) is 2.04. The summed E-state index contributed by atoms with van der Waals surface area (Å²) >= 11 is 0. The molecule has 2 heterocycles. The smallest absolute Gasteiger partial charge is 0.254 e. The Morgan fingerprint density at radius 3 is 2.53 bits per heavy atom. The molecule has 1 aliphatic heterocycles. The van der Waals surface area contributed by atoms with Crippen molar-refractivity contribution in [2.75, 3.05) is 12.3 Å². The van der Waals surface area contributed by atoms with Crippen molar-refractivity contribution in [2.24, 2.45) is 0 Å². The molecule has 0 unspecified atom stereocenters. The summed E-state index contributed by atoms with van der Waals surface area (Å²) in [4.78, 5) is 14.1. The average Bonchev–Trinajstić information content (AvgIpc) is 2.57. The standard InChI is InChI=1S/C10H15N3O4/c11-6-2-1-4(10(17)13-6)7-9(16)8(15)5(3-14)12-7/h1-2,5,7-9,12,14-16H,3H2,(H3,11,13,17)/t5-,7+,8-,9+/m1/s1. The monoisotopic (exact) mass is 241 g/mol. The Labute approximate surface area is 96.9 Å². The Morgan fingerprint density at radius 2 is 2.00 bits per heavy atom. The predicted octanol–water partition coefficient (Wildman–Crippen LogP) is -2.32. The van der Waals surface area contributed by atoms with Gasteiger partial charge in [0.05, 0.1) is 24.8 Å². The molecular formula is C10H15N3O4. The number of rotatable bonds is 2. The van der Waals surface area contributed by atoms with Crippen molar-refractivity contribution in [3.05, 3.63) is 28.0 Å². The molecule has 1 aliphatic rings. The number of nitrogens with one attached hydrogen (secondary N) is 2. The van der Waals surface area contributed by atoms with Gasteiger partial charge in [0.1, 0.15) is 11.9 Å². The van der Waals surface area contributed by atoms with Crippen LogP contribution in [0.1, 0.15) is 11.6 Å². The Balaban J connectivity index is 2.32. The van der Waals surface area contributed by atoms with Gasteiger partial charge in [-0.1, -0.05) is 0 Å². The molecule has 0 bridgehead atoms. The molecule has 1 saturated heterocycles. The van der Waals surface area contributed by atoms with Gasteiger partial charge in [0.2, 0.25) is 0 Å². The van der Waals surface area contributed by atoms with E-state index in [0.717, 1.165) is 0 Å². The second-order valence-corrected chi connectivity index (χ2v) is 4.11. The van der Waals surface area contributed by atoms with Crippen molar-refractivity contribution >= 4 is 5.82 Å². The van der Waals surface area contributed by atoms with Crippen LogP contribution in [-0.4, -0.2) is 45.2 Å². The highest BCUT2D eigenvalue weighted by molar-refractivity contribution is 5.32. The molecule has 0 spiro atoms. The minimum Gasteiger partial charge on any atom is -0.395 e. The van der Waals surface area contributed by atoms with E-state index in [1.165, 1.54) is 12.1 Å². The number of aromatic amines is 1. The van der Waals surface area contributed by atoms with Gasteiger partial charge in [0.25, 0.3) is 5.56 Å². The van der Waals surface area contributed by atoms with Gasteiger partial charge in [0.15, 0.2) is 0 Å². The average molecular weight is 241 g/mol. The first-order valence-electron chi connectivity index (χ1n) is 5.26. The van der Waals surface area contributed by atoms with Gasteiger partial charge in [-0.3, -0.25) is 4.79 Å². The highest BCUT2D eigenvalue weighted by atomic mass is 16.3. The Hall–Kier alpha value is -1.41. The van der Waals surface area contributed by atoms with E-state index in [1.807, 2.05) is 0 Å². The number of pyridine rings is 1. The third-order valence-electron chi connectivity index (χ3n) is 2.99. The van der Waals surface area contributed by atoms with Gasteiger partial charge in [-0.05, 0) is 12.1 Å². The van der Waals surface area contributed by atoms with Crippen LogP contribution in [0.2, 0.25) is 0 Å². The van der Waals surface area contributed by atoms with E-state index >= 15 is 0 Å². The molecule has 7 N–H and O–H groups in total. The van der Waals surface area contributed by atoms with Gasteiger partial charge in [-0.15, -0.1) is 0 Å². The summed E-state index contributed by atoms with van der Waals surface area (Å²) in [7, 11) is 0. The number of hydrogen-bond donors (Lipinski definition) is 6. The van der Waals surface area contributed by atoms with Crippen LogP contribution in [0, 0.1) is 0 Å². The van der Waals surface area contributed by atoms with E-state index < -0.39 is 29.9 Å². The highest BCUT2D eigenvalue weighted by Gasteiger charge is 2.42. The minimum atomic E-state index is -1.14. The van der Waals surface area contributed by atoms with Crippen LogP contribution in [0.3, 0.4) is 0 Å². The fourth-order valence-corrected chi connectivity index (χ4v) is 2.04. The summed E-state index contributed by atoms with van der Waals surface area (Å²) in [5.41, 5.74) is 5.27. The van der Waals surface area contributed by atoms with E-state index in [2.05, 4.69) is 10.3 Å². The lowest BCUT2D eigenvalue weighted by Gasteiger charge is -2.15. The van der Waals surface area contributed by atoms with Crippen LogP contribution < -0.4 is 16.6 Å². The summed E-state index contributed by atoms with van der Waals surface area (Å²) in [5, 5.41) is 31.2. The number of aliphatic hydroxyl groups excluding tert-OH is 3. The van der Waals surface area contributed by atoms with Gasteiger partial charge < -0.3 is 31.4 Å². The molecule has 0 saturated carbocycles. The van der Waals surface area contributed by atoms with Crippen molar-refractivity contribution in [3.8, 4) is 0 Å². The number of aliphatic hydroxyl groups is 3. The van der Waals surface area contributed by atoms with Crippen LogP contribution in [-0.2, 0) is 0 Å². The maximum Gasteiger partial charge on any atom is 0.254 e. The number of H-pyrrole nitrogens is 1. The lowest BCUT2D eigenvalue weighted by molar-refractivity contribution is 0.0193. The molecule has 4 atom stereocenters. The first-order valence-corrected chi connectivity index (χ1v) is 5.26. The third-order valence-corrected chi connectivity index (χ3v) is 2.99. The van der Waals surface area contributed by atoms with Crippen molar-refractivity contribution in [2.45, 2.75) is 24.3 Å². The highest BCUT2D eigenvalue weighted by Crippen LogP contribution is 2.25. The normalized spacial score (nSPS) is 32.9. The maximum absolute atomic E-state index is 11.6. The zero-order valence-corrected chi connectivity index (χ0v) is 9.00. The fraction of sp³-hybridized carbons (Fsp3) is 0.500. The quantitative estimate of drug-likeness (QED) is 0.344. The van der Waals surface area contributed by atoms with Crippen molar-refractivity contribution < 1.29 is 15.3 Å². The zero-order chi connectivity index (χ0) is 12.6. The van der Waals surface area contributed by atoms with Crippen molar-refractivity contribution in [1.29, 1.82) is 0 Å². The summed E-state index contributed by atoms with van der Waals surface area (Å²) in [6.45, 7) is -0.318. The molecule has 1 aromatic heterocycles. The third kappa shape index (κ3) is 2.05. The molecule has 94 valence electrons. The molecule has 1 fully saturated rings. The Morgan fingerprint density at radius 1 is 1.29 bits per heavy atom. The molecule has 2 rings (SSSR count). The lowest BCUT2D eigenvalue weighted by atomic mass is 10.0. The lowest BCUT2D eigenvalue weighted by Crippen LogP contribution is -2.36. The number of aromatic nitrogens is 1. The molecule has 17 heavy (non-hydrogen) atoms. The van der Waals surface area contributed by atoms with Gasteiger partial charge >= 0.3 is 0 Å². The Bertz CT molecular complexity index is 461. The number of hydrogen-bond acceptors (Lipinski definition) is 6. The summed E-state index contributed by atoms with van der Waals surface area (Å²) in [6.07, 6.45) is -2.25. The number of nitrogen functional groups attached to an aromatic ring is 1. The van der Waals surface area contributed by atoms with Crippen molar-refractivity contribution in [1.82, 2.24) is 10.3 Å². The first kappa shape index (κ1) is 12.1. The second kappa shape index (κ2) is 4.46. The Kier molecular flexibility index (Phi) is 3.16. The summed E-state index contributed by atoms with van der Waals surface area (Å²) in [5.74, 6) is 0.227. The number of nitrogens with two attached hydrogens (primary N) is 1. The summed E-state index contributed by atoms with van der Waals surface area (Å²) in [6, 6.07) is 1.63. The molecule has 7 nitrogen and oxygen atoms in total. The van der Waals surface area contributed by atoms with Crippen LogP contribution in [0.25, 0.3) is 0 Å². The van der Waals surface area contributed by atoms with E-state index in [4.69, 9.17) is 10.8 Å². The van der Waals surface area contributed by atoms with Crippen LogP contribution >= 0.6 is 0 Å². The summed E-state index contributed by atoms with van der Waals surface area (Å²) < 4.78 is 0. The second-order valence-electron chi connectivity index (χ2n) is 4.11. The van der Waals surface area contributed by atoms with E-state index in [-0.39, 0.29) is 18.0 Å². The van der Waals surface area contributed by atoms with Gasteiger partial charge in [0, 0.05) is 5.56 Å². The molecule has 0 aromatic carbocycles. The predicted molar refractivity (Wildman–Crippen MR) is 60.2 cm³/mol. The molecule has 0 radical (unpaired) electrons. The van der Waals surface area contributed by atoms with Gasteiger partial charge in [-0.25, -0.2) is 0 Å². The minimum absolute atomic E-state index is 0.227. The van der Waals surface area contributed by atoms with Gasteiger partial charge in [-0.2, -0.15) is 0 Å². The topological polar surface area (TPSA) is 132 Å². The van der Waals surface area contributed by atoms with Crippen LogP contribution in [0.15, 0.2) is 16.9 Å². The number of anilines is 1. The molecular weight excluding hydrogens is 226 g/mol. The van der Waals surface area contributed by atoms with E-state index in [9.17, 15) is 15.0 Å². The molecule has 7 heteroatoms. The van der Waals surface area contributed by atoms with E-state index in [0.29, 0.717) is 0 Å². The molecule has 1 aromatic rings. The SMILES string of the molecule is Nc1ccc([C@@H]2N[C@H](CO)[C@@H](O)[C@H]2O)c(=O)[nH]1. The van der Waals surface area contributed by atoms with E-state index in [1.54, 1.807) is 0 Å². The van der Waals surface area contributed by atoms with Crippen LogP contribution in [0.5, 0.6) is 0 Å².